The van der Waals surface area contributed by atoms with Crippen LogP contribution in [0.2, 0.25) is 0 Å². The molecular formula is C22H23N5O8. The Kier molecular flexibility index (Phi) is 4.88. The van der Waals surface area contributed by atoms with E-state index >= 15 is 0 Å². The highest BCUT2D eigenvalue weighted by Gasteiger charge is 2.77. The molecular weight excluding hydrogens is 462 g/mol. The van der Waals surface area contributed by atoms with Gasteiger partial charge in [0, 0.05) is 49.9 Å². The number of carbonyl (C=O) groups is 6. The molecule has 5 rings (SSSR count). The van der Waals surface area contributed by atoms with Gasteiger partial charge in [0.05, 0.1) is 23.4 Å². The van der Waals surface area contributed by atoms with Crippen LogP contribution < -0.4 is 11.5 Å². The lowest BCUT2D eigenvalue weighted by Crippen LogP contribution is -2.56. The molecule has 13 nitrogen and oxygen atoms in total. The first-order chi connectivity index (χ1) is 16.6. The van der Waals surface area contributed by atoms with E-state index in [0.717, 1.165) is 17.1 Å². The van der Waals surface area contributed by atoms with E-state index in [0.29, 0.717) is 0 Å². The molecule has 0 spiro atoms. The quantitative estimate of drug-likeness (QED) is 0.240. The number of allylic oxidation sites excluding steroid dienone is 2. The molecule has 5 aliphatic rings. The fourth-order valence-electron chi connectivity index (χ4n) is 5.81. The molecule has 0 saturated carbocycles. The molecule has 4 atom stereocenters. The lowest BCUT2D eigenvalue weighted by atomic mass is 9.82. The number of primary amides is 1. The van der Waals surface area contributed by atoms with Crippen molar-refractivity contribution in [1.82, 2.24) is 14.7 Å². The third kappa shape index (κ3) is 2.90. The molecule has 35 heavy (non-hydrogen) atoms. The minimum atomic E-state index is -1.36. The summed E-state index contributed by atoms with van der Waals surface area (Å²) in [5.74, 6) is -3.22. The molecule has 4 N–H and O–H groups in total. The summed E-state index contributed by atoms with van der Waals surface area (Å²) in [5, 5.41) is 0. The van der Waals surface area contributed by atoms with Crippen molar-refractivity contribution in [2.24, 2.45) is 17.4 Å². The van der Waals surface area contributed by atoms with Crippen LogP contribution in [0.5, 0.6) is 0 Å². The number of Topliss-reactive ketones (excluding diaryl/α,β-unsaturated/α-hetero) is 2. The molecule has 2 saturated heterocycles. The minimum Gasteiger partial charge on any atom is -0.449 e. The van der Waals surface area contributed by atoms with Crippen LogP contribution in [0.15, 0.2) is 34.7 Å². The van der Waals surface area contributed by atoms with E-state index in [2.05, 4.69) is 0 Å². The Labute approximate surface area is 198 Å². The van der Waals surface area contributed by atoms with Crippen molar-refractivity contribution in [2.45, 2.75) is 31.2 Å². The summed E-state index contributed by atoms with van der Waals surface area (Å²) in [5.41, 5.74) is 9.83. The number of nitrogens with two attached hydrogens (primary N) is 2. The molecule has 2 fully saturated rings. The van der Waals surface area contributed by atoms with Crippen molar-refractivity contribution in [3.8, 4) is 0 Å². The van der Waals surface area contributed by atoms with Crippen LogP contribution in [0.1, 0.15) is 13.3 Å². The van der Waals surface area contributed by atoms with Gasteiger partial charge in [0.2, 0.25) is 17.5 Å². The molecule has 13 heteroatoms. The smallest absolute Gasteiger partial charge is 0.404 e. The van der Waals surface area contributed by atoms with Gasteiger partial charge in [-0.3, -0.25) is 28.9 Å². The Morgan fingerprint density at radius 2 is 1.80 bits per heavy atom. The van der Waals surface area contributed by atoms with E-state index in [-0.39, 0.29) is 60.6 Å². The first-order valence-electron chi connectivity index (χ1n) is 11.0. The monoisotopic (exact) mass is 485 g/mol. The third-order valence-electron chi connectivity index (χ3n) is 7.43. The zero-order chi connectivity index (χ0) is 25.4. The number of methoxy groups -OCH3 is 1. The van der Waals surface area contributed by atoms with E-state index in [1.54, 1.807) is 9.80 Å². The van der Waals surface area contributed by atoms with Gasteiger partial charge in [-0.1, -0.05) is 0 Å². The van der Waals surface area contributed by atoms with Gasteiger partial charge in [-0.15, -0.1) is 0 Å². The number of hydrogen-bond donors (Lipinski definition) is 2. The molecule has 1 aliphatic carbocycles. The standard InChI is InChI=1S/C22H23N5O8/c1-9-16(23)19(32)15-10(8-35-21(24)33)22(34-2)20-11(7-26(22)17(15)18(9)31)27(20)14(30)5-6-25-12(28)3-4-13(25)29/h3-4,10-11,20H,5-8,23H2,1-2H3,(H2,24,33)/t10?,11?,20?,22-,27?/m1/s1. The maximum Gasteiger partial charge on any atom is 0.404 e. The number of ether oxygens (including phenoxy) is 2. The maximum absolute atomic E-state index is 13.2. The van der Waals surface area contributed by atoms with Crippen molar-refractivity contribution in [2.75, 3.05) is 26.8 Å². The van der Waals surface area contributed by atoms with Gasteiger partial charge >= 0.3 is 6.09 Å². The number of fused-ring (bicyclic) bond motifs is 4. The Balaban J connectivity index is 1.43. The van der Waals surface area contributed by atoms with Gasteiger partial charge in [-0.05, 0) is 6.92 Å². The van der Waals surface area contributed by atoms with E-state index in [4.69, 9.17) is 20.9 Å². The van der Waals surface area contributed by atoms with E-state index in [1.807, 2.05) is 0 Å². The maximum atomic E-state index is 13.2. The van der Waals surface area contributed by atoms with Crippen molar-refractivity contribution in [3.63, 3.8) is 0 Å². The van der Waals surface area contributed by atoms with E-state index in [1.165, 1.54) is 14.0 Å². The average molecular weight is 485 g/mol. The summed E-state index contributed by atoms with van der Waals surface area (Å²) < 4.78 is 11.0. The number of piperazine rings is 1. The van der Waals surface area contributed by atoms with Crippen molar-refractivity contribution < 1.29 is 38.2 Å². The second kappa shape index (κ2) is 7.50. The topological polar surface area (TPSA) is 182 Å². The first-order valence-corrected chi connectivity index (χ1v) is 11.0. The Morgan fingerprint density at radius 1 is 1.14 bits per heavy atom. The van der Waals surface area contributed by atoms with Crippen LogP contribution in [-0.4, -0.2) is 94.7 Å². The first kappa shape index (κ1) is 22.8. The zero-order valence-electron chi connectivity index (χ0n) is 19.0. The van der Waals surface area contributed by atoms with Gasteiger partial charge in [0.25, 0.3) is 11.8 Å². The Bertz CT molecular complexity index is 1200. The highest BCUT2D eigenvalue weighted by Crippen LogP contribution is 2.59. The highest BCUT2D eigenvalue weighted by atomic mass is 16.6. The van der Waals surface area contributed by atoms with Gasteiger partial charge in [0.15, 0.2) is 5.72 Å². The second-order valence-corrected chi connectivity index (χ2v) is 8.93. The van der Waals surface area contributed by atoms with Crippen molar-refractivity contribution >= 4 is 35.4 Å². The molecule has 184 valence electrons. The predicted octanol–water partition coefficient (Wildman–Crippen LogP) is -2.10. The molecule has 4 aliphatic heterocycles. The average Bonchev–Trinajstić information content (AvgIpc) is 3.15. The number of amides is 4. The normalized spacial score (nSPS) is 30.9. The molecule has 4 heterocycles. The van der Waals surface area contributed by atoms with Crippen LogP contribution in [0.4, 0.5) is 4.79 Å². The van der Waals surface area contributed by atoms with Crippen molar-refractivity contribution in [1.29, 1.82) is 0 Å². The largest absolute Gasteiger partial charge is 0.449 e. The van der Waals surface area contributed by atoms with Gasteiger partial charge in [0.1, 0.15) is 12.6 Å². The summed E-state index contributed by atoms with van der Waals surface area (Å²) >= 11 is 0. The number of imide groups is 1. The van der Waals surface area contributed by atoms with Crippen LogP contribution in [0, 0.1) is 5.92 Å². The van der Waals surface area contributed by atoms with Crippen LogP contribution >= 0.6 is 0 Å². The summed E-state index contributed by atoms with van der Waals surface area (Å²) in [6.45, 7) is 1.22. The van der Waals surface area contributed by atoms with Crippen LogP contribution in [-0.2, 0) is 33.4 Å². The summed E-state index contributed by atoms with van der Waals surface area (Å²) in [7, 11) is 1.39. The lowest BCUT2D eigenvalue weighted by molar-refractivity contribution is -0.153. The fourth-order valence-corrected chi connectivity index (χ4v) is 5.81. The third-order valence-corrected chi connectivity index (χ3v) is 7.43. The van der Waals surface area contributed by atoms with E-state index in [9.17, 15) is 28.8 Å². The van der Waals surface area contributed by atoms with Gasteiger partial charge in [-0.2, -0.15) is 0 Å². The summed E-state index contributed by atoms with van der Waals surface area (Å²) in [4.78, 5) is 78.5. The van der Waals surface area contributed by atoms with E-state index < -0.39 is 47.2 Å². The number of carbonyl (C=O) groups excluding carboxylic acids is 6. The Hall–Kier alpha value is -4.00. The molecule has 4 amide bonds. The fraction of sp³-hybridized carbons (Fsp3) is 0.455. The number of ketones is 2. The van der Waals surface area contributed by atoms with Crippen LogP contribution in [0.3, 0.4) is 0 Å². The predicted molar refractivity (Wildman–Crippen MR) is 114 cm³/mol. The Morgan fingerprint density at radius 3 is 2.40 bits per heavy atom. The number of rotatable bonds is 6. The second-order valence-electron chi connectivity index (χ2n) is 8.93. The molecule has 0 aromatic rings. The SMILES string of the molecule is CO[C@@]12C(COC(N)=O)C3=C(C(=O)C(C)=C(N)C3=O)N1CC1C2N1C(=O)CCN1C(=O)C=CC1=O. The molecule has 0 aromatic heterocycles. The lowest BCUT2D eigenvalue weighted by Gasteiger charge is -2.41. The van der Waals surface area contributed by atoms with Crippen molar-refractivity contribution in [3.05, 3.63) is 34.7 Å². The zero-order valence-corrected chi connectivity index (χ0v) is 19.0. The van der Waals surface area contributed by atoms with Gasteiger partial charge < -0.3 is 30.7 Å². The molecule has 3 unspecified atom stereocenters. The molecule has 0 bridgehead atoms. The summed E-state index contributed by atoms with van der Waals surface area (Å²) in [6, 6.07) is -0.917. The number of hydrogen-bond acceptors (Lipinski definition) is 10. The highest BCUT2D eigenvalue weighted by molar-refractivity contribution is 6.25. The van der Waals surface area contributed by atoms with Gasteiger partial charge in [-0.25, -0.2) is 4.79 Å². The number of nitrogens with zero attached hydrogens (tertiary/aromatic N) is 3. The molecule has 0 radical (unpaired) electrons. The minimum absolute atomic E-state index is 0.0679. The molecule has 0 aromatic carbocycles. The van der Waals surface area contributed by atoms with Crippen LogP contribution in [0.25, 0.3) is 0 Å². The summed E-state index contributed by atoms with van der Waals surface area (Å²) in [6.07, 6.45) is 1.11.